The lowest BCUT2D eigenvalue weighted by Gasteiger charge is -2.34. The highest BCUT2D eigenvalue weighted by atomic mass is 32.1. The second-order valence-electron chi connectivity index (χ2n) is 9.17. The summed E-state index contributed by atoms with van der Waals surface area (Å²) in [4.78, 5) is 40.0. The first-order chi connectivity index (χ1) is 18.6. The minimum absolute atomic E-state index is 0.166. The second kappa shape index (κ2) is 10.9. The molecule has 2 aliphatic heterocycles. The Labute approximate surface area is 225 Å². The Morgan fingerprint density at radius 3 is 2.67 bits per heavy atom. The average Bonchev–Trinajstić information content (AvgIpc) is 3.35. The van der Waals surface area contributed by atoms with Crippen LogP contribution < -0.4 is 20.3 Å². The second-order valence-corrected chi connectivity index (χ2v) is 10.4. The summed E-state index contributed by atoms with van der Waals surface area (Å²) in [6, 6.07) is 2.50. The Bertz CT molecular complexity index is 1380. The first-order valence-corrected chi connectivity index (χ1v) is 13.0. The van der Waals surface area contributed by atoms with E-state index in [1.54, 1.807) is 30.2 Å². The number of nitrogens with zero attached hydrogens (tertiary/aromatic N) is 4. The monoisotopic (exact) mass is 562 g/mol. The zero-order valence-corrected chi connectivity index (χ0v) is 21.9. The molecule has 206 valence electrons. The first-order valence-electron chi connectivity index (χ1n) is 12.2. The van der Waals surface area contributed by atoms with E-state index in [0.29, 0.717) is 40.7 Å². The van der Waals surface area contributed by atoms with Crippen molar-refractivity contribution in [3.8, 4) is 16.3 Å². The average molecular weight is 563 g/mol. The summed E-state index contributed by atoms with van der Waals surface area (Å²) in [5, 5.41) is 6.63. The summed E-state index contributed by atoms with van der Waals surface area (Å²) in [6.07, 6.45) is -1.13. The van der Waals surface area contributed by atoms with Crippen molar-refractivity contribution in [2.75, 3.05) is 37.7 Å². The van der Waals surface area contributed by atoms with Crippen molar-refractivity contribution >= 4 is 28.8 Å². The van der Waals surface area contributed by atoms with Crippen molar-refractivity contribution in [2.24, 2.45) is 0 Å². The van der Waals surface area contributed by atoms with E-state index in [4.69, 9.17) is 9.47 Å². The standard InChI is InChI=1S/C25H25F3N6O4S/c1-13-7-30-23(39-13)18-5-15(22(36)33-14(2)16-8-31-24(32-9-16)25(26,27)28)6-19-21(18)38-12-20(35)34(19)11-17-10-29-3-4-37-17/h5-9,14,17,29H,3-4,10-12H2,1-2H3,(H,33,36). The van der Waals surface area contributed by atoms with Crippen LogP contribution in [0.3, 0.4) is 0 Å². The summed E-state index contributed by atoms with van der Waals surface area (Å²) in [7, 11) is 0. The Hall–Kier alpha value is -3.62. The fourth-order valence-corrected chi connectivity index (χ4v) is 5.07. The van der Waals surface area contributed by atoms with Gasteiger partial charge in [0.05, 0.1) is 36.5 Å². The lowest BCUT2D eigenvalue weighted by Crippen LogP contribution is -2.49. The van der Waals surface area contributed by atoms with E-state index in [1.807, 2.05) is 6.92 Å². The van der Waals surface area contributed by atoms with Crippen LogP contribution in [0.1, 0.15) is 39.6 Å². The number of ether oxygens (including phenoxy) is 2. The normalized spacial score (nSPS) is 18.3. The molecule has 5 rings (SSSR count). The minimum Gasteiger partial charge on any atom is -0.481 e. The Balaban J connectivity index is 1.47. The van der Waals surface area contributed by atoms with Gasteiger partial charge in [0.25, 0.3) is 11.8 Å². The van der Waals surface area contributed by atoms with Gasteiger partial charge in [-0.15, -0.1) is 11.3 Å². The Morgan fingerprint density at radius 2 is 2.03 bits per heavy atom. The molecule has 39 heavy (non-hydrogen) atoms. The topological polar surface area (TPSA) is 119 Å². The Kier molecular flexibility index (Phi) is 7.51. The molecule has 2 unspecified atom stereocenters. The molecule has 0 saturated carbocycles. The number of aryl methyl sites for hydroxylation is 1. The third-order valence-electron chi connectivity index (χ3n) is 6.28. The molecule has 2 amide bonds. The maximum atomic E-state index is 13.4. The molecular weight excluding hydrogens is 537 g/mol. The maximum Gasteiger partial charge on any atom is 0.451 e. The van der Waals surface area contributed by atoms with Crippen LogP contribution in [0.25, 0.3) is 10.6 Å². The van der Waals surface area contributed by atoms with Gasteiger partial charge in [0.2, 0.25) is 5.82 Å². The van der Waals surface area contributed by atoms with Gasteiger partial charge in [0, 0.05) is 47.7 Å². The SMILES string of the molecule is Cc1cnc(-c2cc(C(=O)NC(C)c3cnc(C(F)(F)F)nc3)cc3c2OCC(=O)N3CC2CNCCO2)s1. The number of carbonyl (C=O) groups excluding carboxylic acids is 2. The van der Waals surface area contributed by atoms with E-state index >= 15 is 0 Å². The van der Waals surface area contributed by atoms with E-state index < -0.39 is 23.9 Å². The van der Waals surface area contributed by atoms with Gasteiger partial charge in [0.1, 0.15) is 5.01 Å². The number of benzene rings is 1. The number of nitrogens with one attached hydrogen (secondary N) is 2. The lowest BCUT2D eigenvalue weighted by atomic mass is 10.0. The van der Waals surface area contributed by atoms with Crippen molar-refractivity contribution in [1.82, 2.24) is 25.6 Å². The predicted octanol–water partition coefficient (Wildman–Crippen LogP) is 3.13. The molecule has 10 nitrogen and oxygen atoms in total. The molecule has 0 aliphatic carbocycles. The van der Waals surface area contributed by atoms with Crippen LogP contribution >= 0.6 is 11.3 Å². The van der Waals surface area contributed by atoms with Crippen molar-refractivity contribution in [3.05, 3.63) is 52.6 Å². The zero-order valence-electron chi connectivity index (χ0n) is 21.0. The molecule has 0 radical (unpaired) electrons. The van der Waals surface area contributed by atoms with Gasteiger partial charge >= 0.3 is 6.18 Å². The summed E-state index contributed by atoms with van der Waals surface area (Å²) in [5.74, 6) is -1.60. The van der Waals surface area contributed by atoms with Crippen LogP contribution in [-0.4, -0.2) is 65.7 Å². The van der Waals surface area contributed by atoms with Crippen LogP contribution in [-0.2, 0) is 15.7 Å². The highest BCUT2D eigenvalue weighted by Crippen LogP contribution is 2.43. The number of aromatic nitrogens is 3. The van der Waals surface area contributed by atoms with Crippen molar-refractivity contribution in [3.63, 3.8) is 0 Å². The summed E-state index contributed by atoms with van der Waals surface area (Å²) < 4.78 is 50.1. The number of thiazole rings is 1. The number of fused-ring (bicyclic) bond motifs is 1. The van der Waals surface area contributed by atoms with E-state index in [-0.39, 0.29) is 30.7 Å². The number of halogens is 3. The molecule has 1 fully saturated rings. The molecule has 3 aromatic rings. The smallest absolute Gasteiger partial charge is 0.451 e. The minimum atomic E-state index is -4.66. The van der Waals surface area contributed by atoms with Gasteiger partial charge in [-0.1, -0.05) is 0 Å². The molecule has 2 N–H and O–H groups in total. The largest absolute Gasteiger partial charge is 0.481 e. The fourth-order valence-electron chi connectivity index (χ4n) is 4.29. The first kappa shape index (κ1) is 27.0. The van der Waals surface area contributed by atoms with Crippen LogP contribution in [0, 0.1) is 6.92 Å². The molecule has 1 aromatic carbocycles. The maximum absolute atomic E-state index is 13.4. The summed E-state index contributed by atoms with van der Waals surface area (Å²) >= 11 is 1.42. The molecule has 14 heteroatoms. The summed E-state index contributed by atoms with van der Waals surface area (Å²) in [6.45, 7) is 5.44. The number of carbonyl (C=O) groups is 2. The number of hydrogen-bond donors (Lipinski definition) is 2. The molecule has 0 bridgehead atoms. The van der Waals surface area contributed by atoms with E-state index in [2.05, 4.69) is 25.6 Å². The van der Waals surface area contributed by atoms with E-state index in [1.165, 1.54) is 11.3 Å². The third-order valence-corrected chi connectivity index (χ3v) is 7.22. The van der Waals surface area contributed by atoms with Crippen LogP contribution in [0.15, 0.2) is 30.7 Å². The lowest BCUT2D eigenvalue weighted by molar-refractivity contribution is -0.145. The van der Waals surface area contributed by atoms with Crippen molar-refractivity contribution < 1.29 is 32.2 Å². The highest BCUT2D eigenvalue weighted by molar-refractivity contribution is 7.15. The van der Waals surface area contributed by atoms with Gasteiger partial charge in [-0.2, -0.15) is 13.2 Å². The predicted molar refractivity (Wildman–Crippen MR) is 136 cm³/mol. The molecule has 0 spiro atoms. The van der Waals surface area contributed by atoms with Crippen molar-refractivity contribution in [2.45, 2.75) is 32.2 Å². The number of alkyl halides is 3. The molecule has 2 aliphatic rings. The molecule has 2 atom stereocenters. The molecule has 1 saturated heterocycles. The zero-order chi connectivity index (χ0) is 27.7. The van der Waals surface area contributed by atoms with Gasteiger partial charge in [-0.3, -0.25) is 9.59 Å². The molecular formula is C25H25F3N6O4S. The molecule has 2 aromatic heterocycles. The van der Waals surface area contributed by atoms with Crippen LogP contribution in [0.5, 0.6) is 5.75 Å². The number of amides is 2. The van der Waals surface area contributed by atoms with Gasteiger partial charge in [-0.25, -0.2) is 15.0 Å². The van der Waals surface area contributed by atoms with Crippen LogP contribution in [0.2, 0.25) is 0 Å². The van der Waals surface area contributed by atoms with Gasteiger partial charge < -0.3 is 25.0 Å². The van der Waals surface area contributed by atoms with Crippen molar-refractivity contribution in [1.29, 1.82) is 0 Å². The van der Waals surface area contributed by atoms with Gasteiger partial charge in [-0.05, 0) is 26.0 Å². The highest BCUT2D eigenvalue weighted by Gasteiger charge is 2.35. The van der Waals surface area contributed by atoms with Crippen LogP contribution in [0.4, 0.5) is 18.9 Å². The van der Waals surface area contributed by atoms with Gasteiger partial charge in [0.15, 0.2) is 12.4 Å². The van der Waals surface area contributed by atoms with E-state index in [0.717, 1.165) is 23.8 Å². The number of anilines is 1. The fraction of sp³-hybridized carbons (Fsp3) is 0.400. The Morgan fingerprint density at radius 1 is 1.26 bits per heavy atom. The number of morpholine rings is 1. The number of hydrogen-bond acceptors (Lipinski definition) is 9. The number of rotatable bonds is 6. The third kappa shape index (κ3) is 5.87. The quantitative estimate of drug-likeness (QED) is 0.471. The van der Waals surface area contributed by atoms with E-state index in [9.17, 15) is 22.8 Å². The molecule has 4 heterocycles. The summed E-state index contributed by atoms with van der Waals surface area (Å²) in [5.41, 5.74) is 1.50.